The minimum Gasteiger partial charge on any atom is -0.497 e. The molecule has 0 heterocycles. The van der Waals surface area contributed by atoms with Crippen LogP contribution in [0.5, 0.6) is 5.75 Å². The maximum absolute atomic E-state index is 6.00. The lowest BCUT2D eigenvalue weighted by Crippen LogP contribution is -2.22. The van der Waals surface area contributed by atoms with Crippen molar-refractivity contribution in [3.8, 4) is 5.75 Å². The fourth-order valence-corrected chi connectivity index (χ4v) is 1.41. The number of benzene rings is 1. The van der Waals surface area contributed by atoms with Gasteiger partial charge in [0, 0.05) is 18.5 Å². The van der Waals surface area contributed by atoms with Crippen LogP contribution in [0.4, 0.5) is 0 Å². The Balaban J connectivity index is 2.37. The van der Waals surface area contributed by atoms with Crippen molar-refractivity contribution in [3.05, 3.63) is 29.8 Å². The van der Waals surface area contributed by atoms with E-state index >= 15 is 0 Å². The zero-order valence-corrected chi connectivity index (χ0v) is 10.1. The van der Waals surface area contributed by atoms with E-state index < -0.39 is 0 Å². The van der Waals surface area contributed by atoms with Crippen molar-refractivity contribution in [3.63, 3.8) is 0 Å². The van der Waals surface area contributed by atoms with Gasteiger partial charge in [0.05, 0.1) is 7.11 Å². The van der Waals surface area contributed by atoms with Crippen molar-refractivity contribution < 1.29 is 4.74 Å². The fourth-order valence-electron chi connectivity index (χ4n) is 1.30. The third kappa shape index (κ3) is 4.54. The van der Waals surface area contributed by atoms with Gasteiger partial charge >= 0.3 is 0 Å². The SMILES string of the molecule is CCC(Cl)CNCc1cccc(OC)c1. The van der Waals surface area contributed by atoms with E-state index in [2.05, 4.69) is 18.3 Å². The van der Waals surface area contributed by atoms with E-state index in [1.165, 1.54) is 5.56 Å². The Bertz CT molecular complexity index is 291. The Morgan fingerprint density at radius 3 is 2.93 bits per heavy atom. The van der Waals surface area contributed by atoms with Crippen LogP contribution in [0.3, 0.4) is 0 Å². The Morgan fingerprint density at radius 1 is 1.47 bits per heavy atom. The second-order valence-corrected chi connectivity index (χ2v) is 4.11. The molecule has 84 valence electrons. The van der Waals surface area contributed by atoms with E-state index in [9.17, 15) is 0 Å². The third-order valence-corrected chi connectivity index (χ3v) is 2.73. The molecular weight excluding hydrogens is 210 g/mol. The van der Waals surface area contributed by atoms with Crippen molar-refractivity contribution in [2.24, 2.45) is 0 Å². The smallest absolute Gasteiger partial charge is 0.119 e. The molecule has 0 spiro atoms. The van der Waals surface area contributed by atoms with E-state index in [4.69, 9.17) is 16.3 Å². The van der Waals surface area contributed by atoms with Gasteiger partial charge in [-0.2, -0.15) is 0 Å². The molecule has 15 heavy (non-hydrogen) atoms. The molecule has 1 aromatic rings. The number of halogens is 1. The van der Waals surface area contributed by atoms with Crippen LogP contribution < -0.4 is 10.1 Å². The molecule has 0 aliphatic heterocycles. The van der Waals surface area contributed by atoms with Gasteiger partial charge in [-0.05, 0) is 24.1 Å². The van der Waals surface area contributed by atoms with Gasteiger partial charge in [0.15, 0.2) is 0 Å². The number of hydrogen-bond donors (Lipinski definition) is 1. The third-order valence-electron chi connectivity index (χ3n) is 2.27. The summed E-state index contributed by atoms with van der Waals surface area (Å²) in [6.07, 6.45) is 0.993. The average molecular weight is 228 g/mol. The molecule has 1 unspecified atom stereocenters. The first kappa shape index (κ1) is 12.3. The molecule has 0 bridgehead atoms. The molecule has 0 saturated heterocycles. The summed E-state index contributed by atoms with van der Waals surface area (Å²) in [7, 11) is 1.68. The second kappa shape index (κ2) is 6.70. The predicted molar refractivity (Wildman–Crippen MR) is 64.6 cm³/mol. The number of rotatable bonds is 6. The number of hydrogen-bond acceptors (Lipinski definition) is 2. The van der Waals surface area contributed by atoms with Gasteiger partial charge in [-0.3, -0.25) is 0 Å². The first-order chi connectivity index (χ1) is 7.26. The maximum atomic E-state index is 6.00. The van der Waals surface area contributed by atoms with Gasteiger partial charge in [-0.1, -0.05) is 19.1 Å². The quantitative estimate of drug-likeness (QED) is 0.755. The van der Waals surface area contributed by atoms with E-state index in [-0.39, 0.29) is 5.38 Å². The second-order valence-electron chi connectivity index (χ2n) is 3.49. The summed E-state index contributed by atoms with van der Waals surface area (Å²) < 4.78 is 5.15. The van der Waals surface area contributed by atoms with E-state index in [1.54, 1.807) is 7.11 Å². The van der Waals surface area contributed by atoms with Crippen molar-refractivity contribution >= 4 is 11.6 Å². The minimum atomic E-state index is 0.218. The normalized spacial score (nSPS) is 12.5. The Kier molecular flexibility index (Phi) is 5.51. The van der Waals surface area contributed by atoms with Crippen LogP contribution in [0.2, 0.25) is 0 Å². The largest absolute Gasteiger partial charge is 0.497 e. The van der Waals surface area contributed by atoms with Crippen molar-refractivity contribution in [1.29, 1.82) is 0 Å². The standard InChI is InChI=1S/C12H18ClNO/c1-3-11(13)9-14-8-10-5-4-6-12(7-10)15-2/h4-7,11,14H,3,8-9H2,1-2H3. The lowest BCUT2D eigenvalue weighted by Gasteiger charge is -2.09. The Hall–Kier alpha value is -0.730. The van der Waals surface area contributed by atoms with Crippen LogP contribution in [0.1, 0.15) is 18.9 Å². The number of alkyl halides is 1. The Morgan fingerprint density at radius 2 is 2.27 bits per heavy atom. The highest BCUT2D eigenvalue weighted by Gasteiger charge is 2.00. The summed E-state index contributed by atoms with van der Waals surface area (Å²) in [5.74, 6) is 0.896. The highest BCUT2D eigenvalue weighted by Crippen LogP contribution is 2.12. The molecule has 1 rings (SSSR count). The van der Waals surface area contributed by atoms with Gasteiger partial charge in [-0.25, -0.2) is 0 Å². The molecule has 1 N–H and O–H groups in total. The summed E-state index contributed by atoms with van der Waals surface area (Å²) in [4.78, 5) is 0. The average Bonchev–Trinajstić information content (AvgIpc) is 2.29. The van der Waals surface area contributed by atoms with Crippen LogP contribution in [0, 0.1) is 0 Å². The predicted octanol–water partition coefficient (Wildman–Crippen LogP) is 2.80. The lowest BCUT2D eigenvalue weighted by atomic mass is 10.2. The van der Waals surface area contributed by atoms with Crippen LogP contribution in [-0.2, 0) is 6.54 Å². The van der Waals surface area contributed by atoms with Crippen molar-refractivity contribution in [2.45, 2.75) is 25.3 Å². The molecule has 0 aromatic heterocycles. The van der Waals surface area contributed by atoms with Crippen LogP contribution >= 0.6 is 11.6 Å². The topological polar surface area (TPSA) is 21.3 Å². The fraction of sp³-hybridized carbons (Fsp3) is 0.500. The molecule has 1 atom stereocenters. The summed E-state index contributed by atoms with van der Waals surface area (Å²) in [5, 5.41) is 3.53. The van der Waals surface area contributed by atoms with Gasteiger partial charge < -0.3 is 10.1 Å². The Labute approximate surface area is 96.6 Å². The van der Waals surface area contributed by atoms with E-state index in [0.717, 1.165) is 25.3 Å². The number of ether oxygens (including phenoxy) is 1. The van der Waals surface area contributed by atoms with Gasteiger partial charge in [0.1, 0.15) is 5.75 Å². The van der Waals surface area contributed by atoms with Crippen molar-refractivity contribution in [1.82, 2.24) is 5.32 Å². The summed E-state index contributed by atoms with van der Waals surface area (Å²) >= 11 is 6.00. The van der Waals surface area contributed by atoms with Crippen molar-refractivity contribution in [2.75, 3.05) is 13.7 Å². The van der Waals surface area contributed by atoms with Crippen LogP contribution in [-0.4, -0.2) is 19.0 Å². The van der Waals surface area contributed by atoms with E-state index in [0.29, 0.717) is 0 Å². The zero-order chi connectivity index (χ0) is 11.1. The highest BCUT2D eigenvalue weighted by molar-refractivity contribution is 6.20. The molecule has 0 saturated carbocycles. The molecule has 0 aliphatic rings. The van der Waals surface area contributed by atoms with Crippen LogP contribution in [0.25, 0.3) is 0 Å². The molecule has 0 fully saturated rings. The van der Waals surface area contributed by atoms with Gasteiger partial charge in [0.25, 0.3) is 0 Å². The molecule has 0 radical (unpaired) electrons. The number of nitrogens with one attached hydrogen (secondary N) is 1. The molecular formula is C12H18ClNO. The molecule has 0 amide bonds. The minimum absolute atomic E-state index is 0.218. The monoisotopic (exact) mass is 227 g/mol. The molecule has 1 aromatic carbocycles. The zero-order valence-electron chi connectivity index (χ0n) is 9.29. The maximum Gasteiger partial charge on any atom is 0.119 e. The van der Waals surface area contributed by atoms with Crippen LogP contribution in [0.15, 0.2) is 24.3 Å². The molecule has 2 nitrogen and oxygen atoms in total. The molecule has 3 heteroatoms. The summed E-state index contributed by atoms with van der Waals surface area (Å²) in [6.45, 7) is 3.76. The first-order valence-electron chi connectivity index (χ1n) is 5.24. The first-order valence-corrected chi connectivity index (χ1v) is 5.67. The summed E-state index contributed by atoms with van der Waals surface area (Å²) in [5.41, 5.74) is 1.22. The van der Waals surface area contributed by atoms with Gasteiger partial charge in [-0.15, -0.1) is 11.6 Å². The molecule has 0 aliphatic carbocycles. The van der Waals surface area contributed by atoms with Gasteiger partial charge in [0.2, 0.25) is 0 Å². The highest BCUT2D eigenvalue weighted by atomic mass is 35.5. The lowest BCUT2D eigenvalue weighted by molar-refractivity contribution is 0.414. The summed E-state index contributed by atoms with van der Waals surface area (Å²) in [6, 6.07) is 8.04. The van der Waals surface area contributed by atoms with E-state index in [1.807, 2.05) is 18.2 Å². The number of methoxy groups -OCH3 is 1.